The van der Waals surface area contributed by atoms with Crippen molar-refractivity contribution in [1.82, 2.24) is 20.0 Å². The minimum Gasteiger partial charge on any atom is -0.395 e. The number of alkyl halides is 2. The van der Waals surface area contributed by atoms with Crippen molar-refractivity contribution in [1.29, 1.82) is 0 Å². The number of benzene rings is 1. The molecule has 3 N–H and O–H groups in total. The summed E-state index contributed by atoms with van der Waals surface area (Å²) in [6.45, 7) is 3.63. The van der Waals surface area contributed by atoms with E-state index in [1.165, 1.54) is 12.8 Å². The van der Waals surface area contributed by atoms with Crippen LogP contribution in [0.25, 0.3) is 16.9 Å². The van der Waals surface area contributed by atoms with E-state index in [-0.39, 0.29) is 38.3 Å². The van der Waals surface area contributed by atoms with Crippen LogP contribution in [0.15, 0.2) is 36.5 Å². The number of hydrogen-bond donors (Lipinski definition) is 2. The predicted molar refractivity (Wildman–Crippen MR) is 159 cm³/mol. The van der Waals surface area contributed by atoms with E-state index in [1.54, 1.807) is 4.68 Å². The Morgan fingerprint density at radius 1 is 0.977 bits per heavy atom. The molecule has 2 saturated carbocycles. The summed E-state index contributed by atoms with van der Waals surface area (Å²) in [6.07, 6.45) is 6.54. The maximum atomic E-state index is 13.8. The molecule has 1 spiro atoms. The summed E-state index contributed by atoms with van der Waals surface area (Å²) in [7, 11) is -3.93. The molecule has 2 aliphatic heterocycles. The second-order valence-corrected chi connectivity index (χ2v) is 14.9. The Bertz CT molecular complexity index is 1660. The number of piperidine rings is 2. The van der Waals surface area contributed by atoms with Crippen molar-refractivity contribution in [2.45, 2.75) is 68.5 Å². The van der Waals surface area contributed by atoms with Crippen LogP contribution >= 0.6 is 0 Å². The lowest BCUT2D eigenvalue weighted by Crippen LogP contribution is -2.39. The highest BCUT2D eigenvalue weighted by molar-refractivity contribution is 7.91. The van der Waals surface area contributed by atoms with E-state index in [0.29, 0.717) is 16.9 Å². The molecule has 0 radical (unpaired) electrons. The standard InChI is InChI=1S/C30H37F2N7O3S/c1-20-14-22(16-27(34-20)38-12-8-30(31,32)9-13-38)24-18-39(36-35-24)25-3-2-21(23-17-29(23,19-40)43(33,41)42)15-26(25)37-10-6-28(4-5-28)7-11-37/h2-3,14-16,18,23,40H,4-13,17,19H2,1H3,(H2,33,41,42). The lowest BCUT2D eigenvalue weighted by molar-refractivity contribution is -0.0221. The molecule has 1 aromatic carbocycles. The number of sulfonamides is 1. The first-order valence-corrected chi connectivity index (χ1v) is 16.5. The average molecular weight is 614 g/mol. The van der Waals surface area contributed by atoms with Crippen LogP contribution in [0.3, 0.4) is 0 Å². The number of anilines is 2. The Morgan fingerprint density at radius 3 is 2.30 bits per heavy atom. The third-order valence-electron chi connectivity index (χ3n) is 10.2. The normalized spacial score (nSPS) is 26.1. The third-order valence-corrected chi connectivity index (χ3v) is 11.9. The number of hydrogen-bond acceptors (Lipinski definition) is 8. The molecule has 0 bridgehead atoms. The van der Waals surface area contributed by atoms with Crippen molar-refractivity contribution in [3.05, 3.63) is 47.8 Å². The van der Waals surface area contributed by atoms with E-state index < -0.39 is 27.3 Å². The number of rotatable bonds is 7. The fourth-order valence-corrected chi connectivity index (χ4v) is 8.04. The van der Waals surface area contributed by atoms with Gasteiger partial charge in [-0.1, -0.05) is 11.3 Å². The highest BCUT2D eigenvalue weighted by atomic mass is 32.2. The first kappa shape index (κ1) is 28.6. The highest BCUT2D eigenvalue weighted by Crippen LogP contribution is 2.57. The van der Waals surface area contributed by atoms with Crippen LogP contribution in [0.1, 0.15) is 62.1 Å². The quantitative estimate of drug-likeness (QED) is 0.412. The summed E-state index contributed by atoms with van der Waals surface area (Å²) >= 11 is 0. The Balaban J connectivity index is 1.21. The zero-order valence-corrected chi connectivity index (χ0v) is 25.0. The zero-order valence-electron chi connectivity index (χ0n) is 24.2. The van der Waals surface area contributed by atoms with E-state index >= 15 is 0 Å². The number of primary sulfonamides is 1. The second kappa shape index (κ2) is 9.93. The van der Waals surface area contributed by atoms with Crippen molar-refractivity contribution in [2.75, 3.05) is 42.6 Å². The molecule has 2 saturated heterocycles. The van der Waals surface area contributed by atoms with Crippen LogP contribution in [0.5, 0.6) is 0 Å². The van der Waals surface area contributed by atoms with Gasteiger partial charge in [-0.05, 0) is 74.3 Å². The largest absolute Gasteiger partial charge is 0.395 e. The van der Waals surface area contributed by atoms with Crippen LogP contribution < -0.4 is 14.9 Å². The fourth-order valence-electron chi connectivity index (χ4n) is 6.93. The first-order valence-electron chi connectivity index (χ1n) is 15.0. The Kier molecular flexibility index (Phi) is 6.60. The maximum Gasteiger partial charge on any atom is 0.251 e. The van der Waals surface area contributed by atoms with E-state index in [9.17, 15) is 22.3 Å². The molecule has 0 amide bonds. The van der Waals surface area contributed by atoms with Gasteiger partial charge in [0.1, 0.15) is 16.3 Å². The molecule has 2 aromatic heterocycles. The van der Waals surface area contributed by atoms with Gasteiger partial charge in [0.25, 0.3) is 5.92 Å². The van der Waals surface area contributed by atoms with Crippen LogP contribution in [0.4, 0.5) is 20.3 Å². The lowest BCUT2D eigenvalue weighted by Gasteiger charge is -2.35. The Morgan fingerprint density at radius 2 is 1.67 bits per heavy atom. The first-order chi connectivity index (χ1) is 20.4. The molecular weight excluding hydrogens is 576 g/mol. The molecule has 13 heteroatoms. The number of pyridine rings is 1. The van der Waals surface area contributed by atoms with Gasteiger partial charge in [0.05, 0.1) is 24.2 Å². The molecule has 2 atom stereocenters. The minimum absolute atomic E-state index is 0.192. The monoisotopic (exact) mass is 613 g/mol. The van der Waals surface area contributed by atoms with E-state index in [0.717, 1.165) is 54.1 Å². The van der Waals surface area contributed by atoms with Crippen LogP contribution in [-0.2, 0) is 10.0 Å². The molecule has 4 fully saturated rings. The van der Waals surface area contributed by atoms with Gasteiger partial charge in [-0.3, -0.25) is 0 Å². The number of nitrogens with two attached hydrogens (primary N) is 1. The lowest BCUT2D eigenvalue weighted by atomic mass is 9.93. The molecule has 230 valence electrons. The van der Waals surface area contributed by atoms with E-state index in [1.807, 2.05) is 48.4 Å². The Hall–Kier alpha value is -3.16. The smallest absolute Gasteiger partial charge is 0.251 e. The SMILES string of the molecule is Cc1cc(-c2cn(-c3ccc(C4CC4(CO)S(N)(=O)=O)cc3N3CCC4(CC3)CC4)nn2)cc(N2CCC(F)(F)CC2)n1. The molecule has 2 unspecified atom stereocenters. The number of aliphatic hydroxyl groups is 1. The summed E-state index contributed by atoms with van der Waals surface area (Å²) in [5.74, 6) is -2.36. The molecule has 2 aliphatic carbocycles. The third kappa shape index (κ3) is 5.18. The van der Waals surface area contributed by atoms with Gasteiger partial charge in [-0.15, -0.1) is 5.10 Å². The zero-order chi connectivity index (χ0) is 30.2. The number of halogens is 2. The molecule has 10 nitrogen and oxygen atoms in total. The van der Waals surface area contributed by atoms with Gasteiger partial charge >= 0.3 is 0 Å². The average Bonchev–Trinajstić information content (AvgIpc) is 3.86. The van der Waals surface area contributed by atoms with Gasteiger partial charge in [0, 0.05) is 56.2 Å². The van der Waals surface area contributed by atoms with Crippen LogP contribution in [0, 0.1) is 12.3 Å². The van der Waals surface area contributed by atoms with Gasteiger partial charge in [0.15, 0.2) is 0 Å². The fraction of sp³-hybridized carbons (Fsp3) is 0.567. The number of aromatic nitrogens is 4. The van der Waals surface area contributed by atoms with Gasteiger partial charge < -0.3 is 14.9 Å². The molecule has 3 aromatic rings. The predicted octanol–water partition coefficient (Wildman–Crippen LogP) is 3.76. The topological polar surface area (TPSA) is 130 Å². The summed E-state index contributed by atoms with van der Waals surface area (Å²) in [4.78, 5) is 8.84. The van der Waals surface area contributed by atoms with Crippen molar-refractivity contribution in [3.8, 4) is 16.9 Å². The highest BCUT2D eigenvalue weighted by Gasteiger charge is 2.63. The number of nitrogens with zero attached hydrogens (tertiary/aromatic N) is 6. The summed E-state index contributed by atoms with van der Waals surface area (Å²) in [5.41, 5.74) is 5.27. The number of aliphatic hydroxyl groups excluding tert-OH is 1. The van der Waals surface area contributed by atoms with Gasteiger partial charge in [-0.2, -0.15) is 0 Å². The van der Waals surface area contributed by atoms with Crippen molar-refractivity contribution < 1.29 is 22.3 Å². The molecule has 4 heterocycles. The summed E-state index contributed by atoms with van der Waals surface area (Å²) in [6, 6.07) is 9.64. The van der Waals surface area contributed by atoms with Crippen molar-refractivity contribution >= 4 is 21.5 Å². The number of aryl methyl sites for hydroxylation is 1. The summed E-state index contributed by atoms with van der Waals surface area (Å²) < 4.78 is 52.6. The van der Waals surface area contributed by atoms with Gasteiger partial charge in [-0.25, -0.2) is 32.0 Å². The van der Waals surface area contributed by atoms with Gasteiger partial charge in [0.2, 0.25) is 10.0 Å². The second-order valence-electron chi connectivity index (χ2n) is 13.0. The minimum atomic E-state index is -3.93. The molecule has 7 rings (SSSR count). The molecule has 43 heavy (non-hydrogen) atoms. The maximum absolute atomic E-state index is 13.8. The van der Waals surface area contributed by atoms with Crippen LogP contribution in [-0.4, -0.2) is 77.0 Å². The van der Waals surface area contributed by atoms with Crippen LogP contribution in [0.2, 0.25) is 0 Å². The van der Waals surface area contributed by atoms with E-state index in [2.05, 4.69) is 20.2 Å². The summed E-state index contributed by atoms with van der Waals surface area (Å²) in [5, 5.41) is 24.4. The molecular formula is C30H37F2N7O3S. The van der Waals surface area contributed by atoms with Crippen molar-refractivity contribution in [2.24, 2.45) is 10.6 Å². The Labute approximate surface area is 249 Å². The molecule has 4 aliphatic rings. The van der Waals surface area contributed by atoms with Crippen molar-refractivity contribution in [3.63, 3.8) is 0 Å². The van der Waals surface area contributed by atoms with E-state index in [4.69, 9.17) is 5.14 Å².